The molecule has 0 atom stereocenters. The first-order valence-electron chi connectivity index (χ1n) is 4.60. The number of benzene rings is 1. The molecule has 0 amide bonds. The molecule has 0 heterocycles. The molecule has 0 aliphatic carbocycles. The Kier molecular flexibility index (Phi) is 6.23. The molecule has 0 unspecified atom stereocenters. The number of aryl methyl sites for hydroxylation is 1. The van der Waals surface area contributed by atoms with Crippen molar-refractivity contribution in [1.29, 1.82) is 0 Å². The van der Waals surface area contributed by atoms with Crippen LogP contribution in [0.1, 0.15) is 25.3 Å². The van der Waals surface area contributed by atoms with Crippen molar-refractivity contribution < 1.29 is 13.0 Å². The van der Waals surface area contributed by atoms with Crippen LogP contribution in [0.2, 0.25) is 0 Å². The molecule has 0 saturated carbocycles. The summed E-state index contributed by atoms with van der Waals surface area (Å²) in [5.74, 6) is 0. The van der Waals surface area contributed by atoms with Crippen molar-refractivity contribution in [3.63, 3.8) is 0 Å². The minimum atomic E-state index is -4.05. The zero-order valence-electron chi connectivity index (χ0n) is 8.10. The average molecular weight is 222 g/mol. The van der Waals surface area contributed by atoms with Gasteiger partial charge in [0.1, 0.15) is 0 Å². The van der Waals surface area contributed by atoms with Gasteiger partial charge in [-0.3, -0.25) is 4.55 Å². The van der Waals surface area contributed by atoms with Crippen molar-refractivity contribution in [2.45, 2.75) is 31.1 Å². The summed E-state index contributed by atoms with van der Waals surface area (Å²) in [6, 6.07) is 6.42. The summed E-state index contributed by atoms with van der Waals surface area (Å²) in [7, 11) is -4.05. The molecule has 1 aromatic carbocycles. The second kappa shape index (κ2) is 6.34. The van der Waals surface area contributed by atoms with Crippen molar-refractivity contribution >= 4 is 29.0 Å². The van der Waals surface area contributed by atoms with Gasteiger partial charge in [0.25, 0.3) is 10.1 Å². The van der Waals surface area contributed by atoms with Crippen LogP contribution in [0.3, 0.4) is 0 Å². The molecule has 0 aromatic heterocycles. The maximum atomic E-state index is 10.8. The molecule has 5 heteroatoms. The van der Waals surface area contributed by atoms with Crippen molar-refractivity contribution in [2.24, 2.45) is 0 Å². The molecule has 0 aliphatic heterocycles. The molecule has 0 aliphatic rings. The van der Waals surface area contributed by atoms with Gasteiger partial charge in [-0.1, -0.05) is 25.5 Å². The van der Waals surface area contributed by atoms with Crippen LogP contribution in [0.15, 0.2) is 29.2 Å². The van der Waals surface area contributed by atoms with Gasteiger partial charge in [-0.2, -0.15) is 8.42 Å². The predicted molar refractivity (Wildman–Crippen MR) is 62.0 cm³/mol. The standard InChI is InChI=1S/C10H14O3S.Li.H/c1-2-3-5-9-6-4-7-10(8-9)14(11,12)13;;/h4,6-8H,2-3,5H2,1H3,(H,11,12,13);;. The molecule has 0 bridgehead atoms. The summed E-state index contributed by atoms with van der Waals surface area (Å²) < 4.78 is 30.4. The summed E-state index contributed by atoms with van der Waals surface area (Å²) >= 11 is 0. The van der Waals surface area contributed by atoms with Crippen LogP contribution in [0.25, 0.3) is 0 Å². The fourth-order valence-corrected chi connectivity index (χ4v) is 1.79. The van der Waals surface area contributed by atoms with Gasteiger partial charge in [0.05, 0.1) is 4.90 Å². The van der Waals surface area contributed by atoms with E-state index in [1.54, 1.807) is 6.07 Å². The summed E-state index contributed by atoms with van der Waals surface area (Å²) in [5.41, 5.74) is 0.946. The Labute approximate surface area is 103 Å². The summed E-state index contributed by atoms with van der Waals surface area (Å²) in [6.07, 6.45) is 2.94. The van der Waals surface area contributed by atoms with Gasteiger partial charge in [-0.25, -0.2) is 0 Å². The van der Waals surface area contributed by atoms with E-state index in [4.69, 9.17) is 4.55 Å². The SMILES string of the molecule is CCCCc1cccc(S(=O)(=O)O)c1.[LiH]. The number of hydrogen-bond donors (Lipinski definition) is 1. The average Bonchev–Trinajstić information content (AvgIpc) is 2.14. The van der Waals surface area contributed by atoms with E-state index in [9.17, 15) is 8.42 Å². The summed E-state index contributed by atoms with van der Waals surface area (Å²) in [4.78, 5) is -0.0221. The van der Waals surface area contributed by atoms with E-state index in [0.29, 0.717) is 0 Å². The monoisotopic (exact) mass is 222 g/mol. The second-order valence-corrected chi connectivity index (χ2v) is 4.65. The first-order valence-corrected chi connectivity index (χ1v) is 6.04. The topological polar surface area (TPSA) is 54.4 Å². The molecule has 3 nitrogen and oxygen atoms in total. The Morgan fingerprint density at radius 2 is 2.00 bits per heavy atom. The van der Waals surface area contributed by atoms with Crippen molar-refractivity contribution in [3.05, 3.63) is 29.8 Å². The molecule has 1 aromatic rings. The Morgan fingerprint density at radius 3 is 2.53 bits per heavy atom. The van der Waals surface area contributed by atoms with Crippen LogP contribution < -0.4 is 0 Å². The third kappa shape index (κ3) is 4.85. The van der Waals surface area contributed by atoms with Crippen LogP contribution in [-0.2, 0) is 16.5 Å². The zero-order valence-corrected chi connectivity index (χ0v) is 8.92. The van der Waals surface area contributed by atoms with Gasteiger partial charge in [0, 0.05) is 0 Å². The molecule has 80 valence electrons. The first-order chi connectivity index (χ1) is 6.54. The molecule has 0 fully saturated rings. The Balaban J connectivity index is 0.00000196. The van der Waals surface area contributed by atoms with Gasteiger partial charge in [0.2, 0.25) is 0 Å². The quantitative estimate of drug-likeness (QED) is 0.622. The third-order valence-corrected chi connectivity index (χ3v) is 2.86. The van der Waals surface area contributed by atoms with E-state index in [-0.39, 0.29) is 23.8 Å². The van der Waals surface area contributed by atoms with Gasteiger partial charge < -0.3 is 0 Å². The summed E-state index contributed by atoms with van der Waals surface area (Å²) in [5, 5.41) is 0. The van der Waals surface area contributed by atoms with Crippen LogP contribution in [0.5, 0.6) is 0 Å². The molecule has 0 spiro atoms. The molecular weight excluding hydrogens is 207 g/mol. The second-order valence-electron chi connectivity index (χ2n) is 3.23. The number of rotatable bonds is 4. The first kappa shape index (κ1) is 14.7. The fourth-order valence-electron chi connectivity index (χ4n) is 1.24. The molecule has 0 radical (unpaired) electrons. The van der Waals surface area contributed by atoms with E-state index in [0.717, 1.165) is 24.8 Å². The Hall–Kier alpha value is -0.273. The fraction of sp³-hybridized carbons (Fsp3) is 0.400. The minimum absolute atomic E-state index is 0. The van der Waals surface area contributed by atoms with E-state index in [1.165, 1.54) is 12.1 Å². The number of hydrogen-bond acceptors (Lipinski definition) is 2. The zero-order chi connectivity index (χ0) is 10.6. The maximum absolute atomic E-state index is 10.8. The molecular formula is C10H15LiO3S. The molecule has 0 saturated heterocycles. The van der Waals surface area contributed by atoms with Crippen LogP contribution in [-0.4, -0.2) is 31.8 Å². The van der Waals surface area contributed by atoms with Gasteiger partial charge in [-0.15, -0.1) is 0 Å². The van der Waals surface area contributed by atoms with Gasteiger partial charge >= 0.3 is 18.9 Å². The van der Waals surface area contributed by atoms with Crippen LogP contribution >= 0.6 is 0 Å². The molecule has 15 heavy (non-hydrogen) atoms. The molecule has 1 rings (SSSR count). The van der Waals surface area contributed by atoms with E-state index >= 15 is 0 Å². The third-order valence-electron chi connectivity index (χ3n) is 2.02. The number of unbranched alkanes of at least 4 members (excludes halogenated alkanes) is 1. The van der Waals surface area contributed by atoms with E-state index in [2.05, 4.69) is 6.92 Å². The van der Waals surface area contributed by atoms with Crippen LogP contribution in [0, 0.1) is 0 Å². The van der Waals surface area contributed by atoms with Crippen molar-refractivity contribution in [2.75, 3.05) is 0 Å². The van der Waals surface area contributed by atoms with Crippen LogP contribution in [0.4, 0.5) is 0 Å². The molecule has 1 N–H and O–H groups in total. The predicted octanol–water partition coefficient (Wildman–Crippen LogP) is 1.63. The van der Waals surface area contributed by atoms with Gasteiger partial charge in [0.15, 0.2) is 0 Å². The van der Waals surface area contributed by atoms with Crippen molar-refractivity contribution in [3.8, 4) is 0 Å². The van der Waals surface area contributed by atoms with Crippen molar-refractivity contribution in [1.82, 2.24) is 0 Å². The van der Waals surface area contributed by atoms with Gasteiger partial charge in [-0.05, 0) is 30.5 Å². The van der Waals surface area contributed by atoms with E-state index < -0.39 is 10.1 Å². The van der Waals surface area contributed by atoms with E-state index in [1.807, 2.05) is 6.07 Å². The Bertz CT molecular complexity index is 401. The summed E-state index contributed by atoms with van der Waals surface area (Å²) in [6.45, 7) is 2.08. The Morgan fingerprint density at radius 1 is 1.33 bits per heavy atom. The normalized spacial score (nSPS) is 10.8.